The smallest absolute Gasteiger partial charge is 0.416 e. The Balaban J connectivity index is 1.31. The highest BCUT2D eigenvalue weighted by molar-refractivity contribution is 5.58. The van der Waals surface area contributed by atoms with E-state index in [1.807, 2.05) is 12.1 Å². The Hall–Kier alpha value is -3.90. The van der Waals surface area contributed by atoms with Crippen molar-refractivity contribution >= 4 is 17.5 Å². The Bertz CT molecular complexity index is 1320. The second kappa shape index (κ2) is 10.1. The summed E-state index contributed by atoms with van der Waals surface area (Å²) in [5.41, 5.74) is -0.676. The first kappa shape index (κ1) is 25.7. The number of nitrogens with one attached hydrogen (secondary N) is 1. The molecule has 2 aliphatic rings. The van der Waals surface area contributed by atoms with Gasteiger partial charge in [-0.2, -0.15) is 18.2 Å². The minimum atomic E-state index is -4.88. The predicted octanol–water partition coefficient (Wildman–Crippen LogP) is 4.83. The van der Waals surface area contributed by atoms with Crippen LogP contribution in [0.1, 0.15) is 30.0 Å². The highest BCUT2D eigenvalue weighted by atomic mass is 19.4. The molecule has 0 amide bonds. The number of piperidine rings is 1. The molecule has 1 N–H and O–H groups in total. The molecule has 8 nitrogen and oxygen atoms in total. The number of hydrogen-bond acceptors (Lipinski definition) is 8. The van der Waals surface area contributed by atoms with E-state index >= 15 is 0 Å². The molecule has 1 unspecified atom stereocenters. The van der Waals surface area contributed by atoms with Gasteiger partial charge in [0, 0.05) is 44.1 Å². The molecule has 1 saturated heterocycles. The number of likely N-dealkylation sites (N-methyl/N-ethyl adjacent to an activating group) is 1. The summed E-state index contributed by atoms with van der Waals surface area (Å²) in [6.07, 6.45) is -0.137. The standard InChI is InChI=1S/C25H25F5N6O2/c1-35-20(16-10-18(26)19(27)11-17(16)25(28,29)30)13-38-21-12-32-24(34-23(21)35)33-14-4-7-36(8-5-14)15-3-6-31-22(9-15)37-2/h3,6,9-12,14,20H,4-5,7-8,13H2,1-2H3,(H,32,33,34). The predicted molar refractivity (Wildman–Crippen MR) is 130 cm³/mol. The van der Waals surface area contributed by atoms with E-state index in [-0.39, 0.29) is 30.3 Å². The zero-order chi connectivity index (χ0) is 27.0. The molecule has 38 heavy (non-hydrogen) atoms. The summed E-state index contributed by atoms with van der Waals surface area (Å²) >= 11 is 0. The quantitative estimate of drug-likeness (QED) is 0.465. The number of halogens is 5. The van der Waals surface area contributed by atoms with Crippen LogP contribution < -0.4 is 24.6 Å². The van der Waals surface area contributed by atoms with Gasteiger partial charge in [0.05, 0.1) is 24.9 Å². The third-order valence-electron chi connectivity index (χ3n) is 6.81. The van der Waals surface area contributed by atoms with Gasteiger partial charge in [-0.1, -0.05) is 0 Å². The van der Waals surface area contributed by atoms with Crippen molar-refractivity contribution in [3.63, 3.8) is 0 Å². The number of ether oxygens (including phenoxy) is 2. The van der Waals surface area contributed by atoms with E-state index in [1.165, 1.54) is 18.1 Å². The zero-order valence-corrected chi connectivity index (χ0v) is 20.6. The number of alkyl halides is 3. The third-order valence-corrected chi connectivity index (χ3v) is 6.81. The number of hydrogen-bond donors (Lipinski definition) is 1. The van der Waals surface area contributed by atoms with Crippen LogP contribution >= 0.6 is 0 Å². The molecule has 1 atom stereocenters. The summed E-state index contributed by atoms with van der Waals surface area (Å²) < 4.78 is 79.4. The molecule has 1 fully saturated rings. The van der Waals surface area contributed by atoms with Gasteiger partial charge in [0.25, 0.3) is 0 Å². The molecule has 0 spiro atoms. The van der Waals surface area contributed by atoms with E-state index < -0.39 is 35.0 Å². The van der Waals surface area contributed by atoms with Crippen molar-refractivity contribution in [3.8, 4) is 11.6 Å². The summed E-state index contributed by atoms with van der Waals surface area (Å²) in [4.78, 5) is 16.6. The minimum Gasteiger partial charge on any atom is -0.486 e. The number of methoxy groups -OCH3 is 1. The van der Waals surface area contributed by atoms with Crippen molar-refractivity contribution < 1.29 is 31.4 Å². The van der Waals surface area contributed by atoms with E-state index in [4.69, 9.17) is 9.47 Å². The van der Waals surface area contributed by atoms with Crippen LogP contribution in [0.5, 0.6) is 11.6 Å². The van der Waals surface area contributed by atoms with Crippen molar-refractivity contribution in [3.05, 3.63) is 59.4 Å². The molecule has 1 aromatic carbocycles. The van der Waals surface area contributed by atoms with Crippen LogP contribution in [-0.4, -0.2) is 54.8 Å². The van der Waals surface area contributed by atoms with Gasteiger partial charge in [0.2, 0.25) is 11.8 Å². The van der Waals surface area contributed by atoms with Crippen LogP contribution in [-0.2, 0) is 6.18 Å². The van der Waals surface area contributed by atoms with Gasteiger partial charge >= 0.3 is 6.18 Å². The molecule has 0 radical (unpaired) electrons. The zero-order valence-electron chi connectivity index (χ0n) is 20.6. The molecule has 13 heteroatoms. The lowest BCUT2D eigenvalue weighted by Gasteiger charge is -2.36. The first-order valence-corrected chi connectivity index (χ1v) is 11.9. The van der Waals surface area contributed by atoms with E-state index in [2.05, 4.69) is 25.2 Å². The van der Waals surface area contributed by atoms with Gasteiger partial charge in [-0.25, -0.2) is 18.7 Å². The van der Waals surface area contributed by atoms with Gasteiger partial charge in [-0.05, 0) is 36.6 Å². The number of anilines is 3. The second-order valence-corrected chi connectivity index (χ2v) is 9.13. The first-order chi connectivity index (χ1) is 18.1. The number of nitrogens with zero attached hydrogens (tertiary/aromatic N) is 5. The maximum atomic E-state index is 14.0. The van der Waals surface area contributed by atoms with E-state index in [0.717, 1.165) is 31.6 Å². The average molecular weight is 537 g/mol. The summed E-state index contributed by atoms with van der Waals surface area (Å²) in [6, 6.07) is 3.57. The van der Waals surface area contributed by atoms with Crippen LogP contribution in [0.4, 0.5) is 39.4 Å². The van der Waals surface area contributed by atoms with Gasteiger partial charge in [-0.15, -0.1) is 0 Å². The lowest BCUT2D eigenvalue weighted by molar-refractivity contribution is -0.138. The van der Waals surface area contributed by atoms with Gasteiger partial charge in [-0.3, -0.25) is 0 Å². The van der Waals surface area contributed by atoms with Crippen molar-refractivity contribution in [1.82, 2.24) is 15.0 Å². The number of benzene rings is 1. The normalized spacial score (nSPS) is 18.1. The van der Waals surface area contributed by atoms with Crippen LogP contribution in [0, 0.1) is 11.6 Å². The molecule has 2 aliphatic heterocycles. The van der Waals surface area contributed by atoms with Crippen LogP contribution in [0.25, 0.3) is 0 Å². The number of pyridine rings is 1. The largest absolute Gasteiger partial charge is 0.486 e. The topological polar surface area (TPSA) is 75.6 Å². The summed E-state index contributed by atoms with van der Waals surface area (Å²) in [7, 11) is 3.10. The van der Waals surface area contributed by atoms with Crippen molar-refractivity contribution in [2.75, 3.05) is 49.0 Å². The van der Waals surface area contributed by atoms with Crippen molar-refractivity contribution in [2.24, 2.45) is 0 Å². The molecule has 2 aromatic heterocycles. The Morgan fingerprint density at radius 3 is 2.53 bits per heavy atom. The molecule has 5 rings (SSSR count). The summed E-state index contributed by atoms with van der Waals surface area (Å²) in [5.74, 6) is -1.56. The highest BCUT2D eigenvalue weighted by Gasteiger charge is 2.39. The number of rotatable bonds is 5. The number of fused-ring (bicyclic) bond motifs is 1. The lowest BCUT2D eigenvalue weighted by atomic mass is 9.98. The van der Waals surface area contributed by atoms with Gasteiger partial charge in [0.1, 0.15) is 6.61 Å². The van der Waals surface area contributed by atoms with Crippen molar-refractivity contribution in [2.45, 2.75) is 31.1 Å². The maximum absolute atomic E-state index is 14.0. The third kappa shape index (κ3) is 5.09. The van der Waals surface area contributed by atoms with Crippen LogP contribution in [0.2, 0.25) is 0 Å². The molecular formula is C25H25F5N6O2. The van der Waals surface area contributed by atoms with Crippen LogP contribution in [0.15, 0.2) is 36.7 Å². The van der Waals surface area contributed by atoms with Gasteiger partial charge < -0.3 is 24.6 Å². The van der Waals surface area contributed by atoms with E-state index in [9.17, 15) is 22.0 Å². The number of aromatic nitrogens is 3. The maximum Gasteiger partial charge on any atom is 0.416 e. The monoisotopic (exact) mass is 536 g/mol. The summed E-state index contributed by atoms with van der Waals surface area (Å²) in [5, 5.41) is 3.30. The molecule has 0 aliphatic carbocycles. The molecule has 0 saturated carbocycles. The molecule has 0 bridgehead atoms. The fourth-order valence-corrected chi connectivity index (χ4v) is 4.77. The average Bonchev–Trinajstić information content (AvgIpc) is 2.90. The Morgan fingerprint density at radius 1 is 1.08 bits per heavy atom. The van der Waals surface area contributed by atoms with E-state index in [1.54, 1.807) is 13.3 Å². The molecule has 202 valence electrons. The van der Waals surface area contributed by atoms with E-state index in [0.29, 0.717) is 17.9 Å². The summed E-state index contributed by atoms with van der Waals surface area (Å²) in [6.45, 7) is 1.33. The Labute approximate surface area is 215 Å². The molecule has 4 heterocycles. The fourth-order valence-electron chi connectivity index (χ4n) is 4.77. The van der Waals surface area contributed by atoms with Crippen LogP contribution in [0.3, 0.4) is 0 Å². The first-order valence-electron chi connectivity index (χ1n) is 11.9. The SMILES string of the molecule is COc1cc(N2CCC(Nc3ncc4c(n3)N(C)C(c3cc(F)c(F)cc3C(F)(F)F)CO4)CC2)ccn1. The lowest BCUT2D eigenvalue weighted by Crippen LogP contribution is -2.39. The van der Waals surface area contributed by atoms with Gasteiger partial charge in [0.15, 0.2) is 23.2 Å². The molecular weight excluding hydrogens is 511 g/mol. The Morgan fingerprint density at radius 2 is 1.82 bits per heavy atom. The second-order valence-electron chi connectivity index (χ2n) is 9.13. The fraction of sp³-hybridized carbons (Fsp3) is 0.400. The minimum absolute atomic E-state index is 0.0710. The van der Waals surface area contributed by atoms with Crippen molar-refractivity contribution in [1.29, 1.82) is 0 Å². The highest BCUT2D eigenvalue weighted by Crippen LogP contribution is 2.42. The Kier molecular flexibility index (Phi) is 6.84. The molecule has 3 aromatic rings.